The first-order chi connectivity index (χ1) is 13.6. The summed E-state index contributed by atoms with van der Waals surface area (Å²) in [6, 6.07) is 20.5. The molecule has 0 spiro atoms. The van der Waals surface area contributed by atoms with Crippen LogP contribution < -0.4 is 5.32 Å². The SMILES string of the molecule is Cc1ccc([C@H](CC(=O)NCc2ccco2)c2cn(C)c3ccccc23)cc1. The molecular weight excluding hydrogens is 348 g/mol. The number of aromatic nitrogens is 1. The topological polar surface area (TPSA) is 47.2 Å². The van der Waals surface area contributed by atoms with E-state index in [0.717, 1.165) is 11.3 Å². The van der Waals surface area contributed by atoms with Crippen LogP contribution in [-0.2, 0) is 18.4 Å². The molecule has 2 aromatic heterocycles. The number of carbonyl (C=O) groups excluding carboxylic acids is 1. The number of fused-ring (bicyclic) bond motifs is 1. The number of aryl methyl sites for hydroxylation is 2. The molecular formula is C24H24N2O2. The number of amides is 1. The molecule has 0 bridgehead atoms. The van der Waals surface area contributed by atoms with E-state index in [9.17, 15) is 4.79 Å². The summed E-state index contributed by atoms with van der Waals surface area (Å²) in [6.07, 6.45) is 4.15. The number of hydrogen-bond donors (Lipinski definition) is 1. The van der Waals surface area contributed by atoms with Crippen LogP contribution in [0.3, 0.4) is 0 Å². The lowest BCUT2D eigenvalue weighted by Crippen LogP contribution is -2.24. The molecule has 2 aromatic carbocycles. The van der Waals surface area contributed by atoms with Gasteiger partial charge in [-0.25, -0.2) is 0 Å². The largest absolute Gasteiger partial charge is 0.467 e. The molecule has 4 heteroatoms. The molecule has 0 saturated heterocycles. The number of benzene rings is 2. The van der Waals surface area contributed by atoms with Crippen molar-refractivity contribution in [3.63, 3.8) is 0 Å². The Balaban J connectivity index is 1.65. The minimum atomic E-state index is -0.0108. The van der Waals surface area contributed by atoms with Crippen molar-refractivity contribution in [1.29, 1.82) is 0 Å². The average Bonchev–Trinajstić information content (AvgIpc) is 3.34. The maximum Gasteiger partial charge on any atom is 0.221 e. The van der Waals surface area contributed by atoms with Gasteiger partial charge in [0.05, 0.1) is 12.8 Å². The van der Waals surface area contributed by atoms with E-state index >= 15 is 0 Å². The van der Waals surface area contributed by atoms with E-state index in [1.807, 2.05) is 18.2 Å². The predicted molar refractivity (Wildman–Crippen MR) is 111 cm³/mol. The second-order valence-corrected chi connectivity index (χ2v) is 7.24. The van der Waals surface area contributed by atoms with Crippen molar-refractivity contribution in [2.75, 3.05) is 0 Å². The minimum absolute atomic E-state index is 0.00918. The van der Waals surface area contributed by atoms with Gasteiger partial charge in [-0.05, 0) is 36.2 Å². The molecule has 4 nitrogen and oxygen atoms in total. The van der Waals surface area contributed by atoms with Crippen molar-refractivity contribution in [1.82, 2.24) is 9.88 Å². The van der Waals surface area contributed by atoms with Crippen LogP contribution in [0.4, 0.5) is 0 Å². The van der Waals surface area contributed by atoms with Gasteiger partial charge in [-0.2, -0.15) is 0 Å². The summed E-state index contributed by atoms with van der Waals surface area (Å²) in [4.78, 5) is 12.7. The molecule has 0 aliphatic heterocycles. The number of nitrogens with one attached hydrogen (secondary N) is 1. The fourth-order valence-corrected chi connectivity index (χ4v) is 3.71. The van der Waals surface area contributed by atoms with Crippen molar-refractivity contribution in [3.05, 3.63) is 95.6 Å². The highest BCUT2D eigenvalue weighted by molar-refractivity contribution is 5.86. The lowest BCUT2D eigenvalue weighted by atomic mass is 9.87. The molecule has 142 valence electrons. The first kappa shape index (κ1) is 18.1. The van der Waals surface area contributed by atoms with Crippen LogP contribution >= 0.6 is 0 Å². The zero-order valence-corrected chi connectivity index (χ0v) is 16.2. The Labute approximate surface area is 164 Å². The molecule has 28 heavy (non-hydrogen) atoms. The summed E-state index contributed by atoms with van der Waals surface area (Å²) in [5, 5.41) is 4.17. The van der Waals surface area contributed by atoms with Crippen molar-refractivity contribution in [2.45, 2.75) is 25.8 Å². The fourth-order valence-electron chi connectivity index (χ4n) is 3.71. The molecule has 0 aliphatic rings. The Hall–Kier alpha value is -3.27. The molecule has 0 unspecified atom stereocenters. The summed E-state index contributed by atoms with van der Waals surface area (Å²) < 4.78 is 7.45. The lowest BCUT2D eigenvalue weighted by molar-refractivity contribution is -0.121. The molecule has 1 atom stereocenters. The van der Waals surface area contributed by atoms with Gasteiger partial charge in [-0.1, -0.05) is 48.0 Å². The van der Waals surface area contributed by atoms with Gasteiger partial charge in [0.15, 0.2) is 0 Å². The minimum Gasteiger partial charge on any atom is -0.467 e. The van der Waals surface area contributed by atoms with Crippen molar-refractivity contribution in [2.24, 2.45) is 7.05 Å². The standard InChI is InChI=1S/C24H24N2O2/c1-17-9-11-18(12-10-17)21(14-24(27)25-15-19-6-5-13-28-19)22-16-26(2)23-8-4-3-7-20(22)23/h3-13,16,21H,14-15H2,1-2H3,(H,25,27)/t21-/m0/s1. The number of carbonyl (C=O) groups is 1. The molecule has 4 aromatic rings. The first-order valence-corrected chi connectivity index (χ1v) is 9.51. The van der Waals surface area contributed by atoms with E-state index < -0.39 is 0 Å². The van der Waals surface area contributed by atoms with Crippen molar-refractivity contribution < 1.29 is 9.21 Å². The highest BCUT2D eigenvalue weighted by Crippen LogP contribution is 2.34. The van der Waals surface area contributed by atoms with Gasteiger partial charge < -0.3 is 14.3 Å². The number of nitrogens with zero attached hydrogens (tertiary/aromatic N) is 1. The van der Waals surface area contributed by atoms with Crippen LogP contribution in [-0.4, -0.2) is 10.5 Å². The summed E-state index contributed by atoms with van der Waals surface area (Å²) in [6.45, 7) is 2.48. The first-order valence-electron chi connectivity index (χ1n) is 9.51. The zero-order chi connectivity index (χ0) is 19.5. The number of hydrogen-bond acceptors (Lipinski definition) is 2. The van der Waals surface area contributed by atoms with E-state index in [2.05, 4.69) is 72.5 Å². The van der Waals surface area contributed by atoms with Crippen LogP contribution in [0.2, 0.25) is 0 Å². The van der Waals surface area contributed by atoms with E-state index in [1.54, 1.807) is 6.26 Å². The average molecular weight is 372 g/mol. The summed E-state index contributed by atoms with van der Waals surface area (Å²) in [7, 11) is 2.05. The molecule has 2 heterocycles. The Morgan fingerprint density at radius 1 is 1.07 bits per heavy atom. The van der Waals surface area contributed by atoms with Gasteiger partial charge in [-0.15, -0.1) is 0 Å². The molecule has 0 radical (unpaired) electrons. The summed E-state index contributed by atoms with van der Waals surface area (Å²) in [5.41, 5.74) is 4.71. The Kier molecular flexibility index (Phi) is 5.02. The second kappa shape index (κ2) is 7.77. The molecule has 1 amide bonds. The third kappa shape index (κ3) is 3.72. The molecule has 1 N–H and O–H groups in total. The van der Waals surface area contributed by atoms with Crippen LogP contribution in [0.1, 0.15) is 34.8 Å². The monoisotopic (exact) mass is 372 g/mol. The highest BCUT2D eigenvalue weighted by Gasteiger charge is 2.22. The van der Waals surface area contributed by atoms with Gasteiger partial charge in [0.2, 0.25) is 5.91 Å². The van der Waals surface area contributed by atoms with Crippen molar-refractivity contribution in [3.8, 4) is 0 Å². The third-order valence-electron chi connectivity index (χ3n) is 5.21. The number of rotatable bonds is 6. The molecule has 0 saturated carbocycles. The van der Waals surface area contributed by atoms with Crippen LogP contribution in [0.25, 0.3) is 10.9 Å². The van der Waals surface area contributed by atoms with Gasteiger partial charge in [0.1, 0.15) is 5.76 Å². The van der Waals surface area contributed by atoms with Crippen LogP contribution in [0.15, 0.2) is 77.5 Å². The highest BCUT2D eigenvalue weighted by atomic mass is 16.3. The molecule has 0 aliphatic carbocycles. The second-order valence-electron chi connectivity index (χ2n) is 7.24. The molecule has 0 fully saturated rings. The number of furan rings is 1. The summed E-state index contributed by atoms with van der Waals surface area (Å²) in [5.74, 6) is 0.753. The van der Waals surface area contributed by atoms with Gasteiger partial charge in [0, 0.05) is 36.5 Å². The Bertz CT molecular complexity index is 1080. The number of para-hydroxylation sites is 1. The maximum absolute atomic E-state index is 12.7. The Morgan fingerprint density at radius 2 is 1.86 bits per heavy atom. The van der Waals surface area contributed by atoms with E-state index in [4.69, 9.17) is 4.42 Å². The van der Waals surface area contributed by atoms with E-state index in [0.29, 0.717) is 13.0 Å². The van der Waals surface area contributed by atoms with E-state index in [-0.39, 0.29) is 11.8 Å². The Morgan fingerprint density at radius 3 is 2.61 bits per heavy atom. The van der Waals surface area contributed by atoms with Crippen molar-refractivity contribution >= 4 is 16.8 Å². The summed E-state index contributed by atoms with van der Waals surface area (Å²) >= 11 is 0. The predicted octanol–water partition coefficient (Wildman–Crippen LogP) is 4.92. The maximum atomic E-state index is 12.7. The molecule has 4 rings (SSSR count). The lowest BCUT2D eigenvalue weighted by Gasteiger charge is -2.17. The normalized spacial score (nSPS) is 12.2. The van der Waals surface area contributed by atoms with Gasteiger partial charge in [0.25, 0.3) is 0 Å². The van der Waals surface area contributed by atoms with E-state index in [1.165, 1.54) is 22.0 Å². The fraction of sp³-hybridized carbons (Fsp3) is 0.208. The third-order valence-corrected chi connectivity index (χ3v) is 5.21. The zero-order valence-electron chi connectivity index (χ0n) is 16.2. The quantitative estimate of drug-likeness (QED) is 0.522. The van der Waals surface area contributed by atoms with Gasteiger partial charge >= 0.3 is 0 Å². The smallest absolute Gasteiger partial charge is 0.221 e. The van der Waals surface area contributed by atoms with Gasteiger partial charge in [-0.3, -0.25) is 4.79 Å². The van der Waals surface area contributed by atoms with Crippen LogP contribution in [0.5, 0.6) is 0 Å². The van der Waals surface area contributed by atoms with Crippen LogP contribution in [0, 0.1) is 6.92 Å².